The number of benzene rings is 1. The summed E-state index contributed by atoms with van der Waals surface area (Å²) in [5.74, 6) is 0.759. The van der Waals surface area contributed by atoms with Crippen LogP contribution in [-0.2, 0) is 4.74 Å². The summed E-state index contributed by atoms with van der Waals surface area (Å²) >= 11 is 0. The molecule has 1 aromatic carbocycles. The highest BCUT2D eigenvalue weighted by molar-refractivity contribution is 7.20. The van der Waals surface area contributed by atoms with E-state index in [2.05, 4.69) is 34.0 Å². The molecule has 1 aliphatic heterocycles. The second-order valence-corrected chi connectivity index (χ2v) is 9.31. The first kappa shape index (κ1) is 26.0. The molecule has 0 amide bonds. The Labute approximate surface area is 222 Å². The molecule has 0 unspecified atom stereocenters. The van der Waals surface area contributed by atoms with Gasteiger partial charge in [-0.25, -0.2) is 18.7 Å². The summed E-state index contributed by atoms with van der Waals surface area (Å²) in [5, 5.41) is 4.19. The summed E-state index contributed by atoms with van der Waals surface area (Å²) in [6.07, 6.45) is 8.16. The lowest BCUT2D eigenvalue weighted by Crippen LogP contribution is -2.37. The Bertz CT molecular complexity index is 1470. The highest BCUT2D eigenvalue weighted by Crippen LogP contribution is 2.33. The number of rotatable bonds is 9. The molecule has 0 spiro atoms. The molecule has 1 fully saturated rings. The third-order valence-electron chi connectivity index (χ3n) is 6.48. The maximum atomic E-state index is 14.6. The van der Waals surface area contributed by atoms with Crippen molar-refractivity contribution in [3.63, 3.8) is 0 Å². The van der Waals surface area contributed by atoms with E-state index in [1.54, 1.807) is 24.7 Å². The zero-order valence-corrected chi connectivity index (χ0v) is 21.8. The third-order valence-corrected chi connectivity index (χ3v) is 6.79. The fourth-order valence-corrected chi connectivity index (χ4v) is 4.74. The van der Waals surface area contributed by atoms with Gasteiger partial charge in [-0.15, -0.1) is 8.86 Å². The van der Waals surface area contributed by atoms with Crippen LogP contribution in [0.3, 0.4) is 0 Å². The molecule has 9 heteroatoms. The van der Waals surface area contributed by atoms with Gasteiger partial charge in [0.25, 0.3) is 0 Å². The van der Waals surface area contributed by atoms with Crippen LogP contribution in [0.4, 0.5) is 8.78 Å². The topological polar surface area (TPSA) is 63.2 Å². The van der Waals surface area contributed by atoms with Crippen LogP contribution in [0.2, 0.25) is 0 Å². The molecule has 6 nitrogen and oxygen atoms in total. The van der Waals surface area contributed by atoms with Crippen LogP contribution >= 0.6 is 8.86 Å². The van der Waals surface area contributed by atoms with E-state index in [0.29, 0.717) is 11.3 Å². The molecule has 1 saturated heterocycles. The van der Waals surface area contributed by atoms with Gasteiger partial charge in [-0.3, -0.25) is 9.88 Å². The summed E-state index contributed by atoms with van der Waals surface area (Å²) < 4.78 is 34.0. The van der Waals surface area contributed by atoms with Gasteiger partial charge in [-0.05, 0) is 66.8 Å². The van der Waals surface area contributed by atoms with Crippen molar-refractivity contribution in [1.29, 1.82) is 0 Å². The maximum Gasteiger partial charge on any atom is 0.160 e. The Hall–Kier alpha value is -3.58. The minimum atomic E-state index is -0.550. The van der Waals surface area contributed by atoms with E-state index in [1.165, 1.54) is 0 Å². The van der Waals surface area contributed by atoms with Gasteiger partial charge >= 0.3 is 0 Å². The number of pyridine rings is 3. The zero-order valence-electron chi connectivity index (χ0n) is 20.8. The summed E-state index contributed by atoms with van der Waals surface area (Å²) in [7, 11) is 3.54. The molecule has 0 saturated carbocycles. The Kier molecular flexibility index (Phi) is 8.44. The van der Waals surface area contributed by atoms with E-state index >= 15 is 0 Å². The van der Waals surface area contributed by atoms with Gasteiger partial charge in [0.05, 0.1) is 18.9 Å². The fraction of sp³-hybridized carbons (Fsp3) is 0.241. The number of fused-ring (bicyclic) bond motifs is 1. The molecule has 38 heavy (non-hydrogen) atoms. The molecule has 4 aromatic rings. The van der Waals surface area contributed by atoms with Crippen LogP contribution in [-0.4, -0.2) is 65.0 Å². The number of aromatic nitrogens is 3. The monoisotopic (exact) mass is 531 g/mol. The van der Waals surface area contributed by atoms with E-state index < -0.39 is 11.6 Å². The number of ether oxygens (including phenoxy) is 1. The van der Waals surface area contributed by atoms with E-state index in [9.17, 15) is 8.78 Å². The van der Waals surface area contributed by atoms with Crippen molar-refractivity contribution < 1.29 is 13.5 Å². The van der Waals surface area contributed by atoms with E-state index in [1.807, 2.05) is 30.2 Å². The van der Waals surface area contributed by atoms with E-state index in [4.69, 9.17) is 4.74 Å². The number of allylic oxidation sites excluding steroid dienone is 1. The predicted octanol–water partition coefficient (Wildman–Crippen LogP) is 5.23. The molecule has 194 valence electrons. The third kappa shape index (κ3) is 6.10. The molecular weight excluding hydrogens is 503 g/mol. The Balaban J connectivity index is 1.42. The van der Waals surface area contributed by atoms with E-state index in [0.717, 1.165) is 91.7 Å². The molecule has 1 N–H and O–H groups in total. The maximum absolute atomic E-state index is 14.6. The minimum Gasteiger partial charge on any atom is -0.390 e. The van der Waals surface area contributed by atoms with Crippen LogP contribution in [0.5, 0.6) is 0 Å². The normalized spacial score (nSPS) is 14.5. The fourth-order valence-electron chi connectivity index (χ4n) is 4.49. The smallest absolute Gasteiger partial charge is 0.160 e. The first-order chi connectivity index (χ1) is 18.6. The Morgan fingerprint density at radius 3 is 2.79 bits per heavy atom. The zero-order chi connectivity index (χ0) is 26.3. The molecule has 4 heterocycles. The SMILES string of the molecule is Fc1ccc(F)c(-c2cc(-c3cncc(/C(C=P)=C/NCCCN4CCOCC4)c3)c3cccnc3n2)c1. The summed E-state index contributed by atoms with van der Waals surface area (Å²) in [5.41, 5.74) is 4.24. The molecule has 5 rings (SSSR count). The molecule has 3 aromatic heterocycles. The molecule has 0 atom stereocenters. The van der Waals surface area contributed by atoms with Gasteiger partial charge in [0.15, 0.2) is 5.65 Å². The largest absolute Gasteiger partial charge is 0.390 e. The van der Waals surface area contributed by atoms with Crippen LogP contribution in [0.25, 0.3) is 39.0 Å². The van der Waals surface area contributed by atoms with Crippen molar-refractivity contribution >= 4 is 31.3 Å². The number of nitrogens with one attached hydrogen (secondary N) is 1. The second kappa shape index (κ2) is 12.3. The highest BCUT2D eigenvalue weighted by atomic mass is 31.0. The van der Waals surface area contributed by atoms with Crippen molar-refractivity contribution in [2.45, 2.75) is 6.42 Å². The van der Waals surface area contributed by atoms with Crippen molar-refractivity contribution in [1.82, 2.24) is 25.2 Å². The average Bonchev–Trinajstić information content (AvgIpc) is 2.96. The van der Waals surface area contributed by atoms with Gasteiger partial charge < -0.3 is 10.1 Å². The van der Waals surface area contributed by atoms with Crippen LogP contribution in [0, 0.1) is 11.6 Å². The average molecular weight is 532 g/mol. The van der Waals surface area contributed by atoms with Gasteiger partial charge in [0.2, 0.25) is 0 Å². The second-order valence-electron chi connectivity index (χ2n) is 9.02. The first-order valence-electron chi connectivity index (χ1n) is 12.5. The number of hydrogen-bond acceptors (Lipinski definition) is 6. The molecule has 1 aliphatic rings. The number of nitrogens with zero attached hydrogens (tertiary/aromatic N) is 4. The van der Waals surface area contributed by atoms with Gasteiger partial charge in [0, 0.05) is 72.1 Å². The lowest BCUT2D eigenvalue weighted by molar-refractivity contribution is 0.0375. The first-order valence-corrected chi connectivity index (χ1v) is 13.1. The highest BCUT2D eigenvalue weighted by Gasteiger charge is 2.15. The van der Waals surface area contributed by atoms with Crippen molar-refractivity contribution in [3.8, 4) is 22.4 Å². The summed E-state index contributed by atoms with van der Waals surface area (Å²) in [6.45, 7) is 5.46. The van der Waals surface area contributed by atoms with Crippen LogP contribution in [0.15, 0.2) is 67.3 Å². The van der Waals surface area contributed by atoms with Crippen LogP contribution < -0.4 is 5.32 Å². The van der Waals surface area contributed by atoms with Gasteiger partial charge in [0.1, 0.15) is 11.6 Å². The lowest BCUT2D eigenvalue weighted by Gasteiger charge is -2.26. The summed E-state index contributed by atoms with van der Waals surface area (Å²) in [6, 6.07) is 10.8. The molecular formula is C29H28F2N5OP. The van der Waals surface area contributed by atoms with Crippen molar-refractivity contribution in [3.05, 3.63) is 84.5 Å². The van der Waals surface area contributed by atoms with Crippen molar-refractivity contribution in [2.24, 2.45) is 0 Å². The molecule has 0 aliphatic carbocycles. The number of morpholine rings is 1. The summed E-state index contributed by atoms with van der Waals surface area (Å²) in [4.78, 5) is 15.8. The van der Waals surface area contributed by atoms with Gasteiger partial charge in [-0.1, -0.05) is 0 Å². The quantitative estimate of drug-likeness (QED) is 0.236. The number of hydrogen-bond donors (Lipinski definition) is 1. The van der Waals surface area contributed by atoms with Crippen molar-refractivity contribution in [2.75, 3.05) is 39.4 Å². The molecule has 0 bridgehead atoms. The lowest BCUT2D eigenvalue weighted by atomic mass is 9.98. The Morgan fingerprint density at radius 1 is 1.08 bits per heavy atom. The van der Waals surface area contributed by atoms with Gasteiger partial charge in [-0.2, -0.15) is 0 Å². The standard InChI is InChI=1S/C29H28F2N5OP/c30-23-4-5-27(31)26(14-23)28-15-25(24-3-1-7-34-29(24)35-28)21-13-20(16-33-17-21)22(19-38)18-32-6-2-8-36-9-11-37-12-10-36/h1,3-5,7,13-19,32,38H,2,6,8-12H2/b22-18+. The Morgan fingerprint density at radius 2 is 1.95 bits per heavy atom. The number of halogens is 2. The minimum absolute atomic E-state index is 0.0817. The predicted molar refractivity (Wildman–Crippen MR) is 150 cm³/mol. The molecule has 0 radical (unpaired) electrons. The van der Waals surface area contributed by atoms with E-state index in [-0.39, 0.29) is 5.56 Å². The van der Waals surface area contributed by atoms with Crippen LogP contribution in [0.1, 0.15) is 12.0 Å².